The van der Waals surface area contributed by atoms with Gasteiger partial charge in [-0.3, -0.25) is 14.9 Å². The summed E-state index contributed by atoms with van der Waals surface area (Å²) in [6, 6.07) is 17.8. The first-order valence-electron chi connectivity index (χ1n) is 8.56. The quantitative estimate of drug-likeness (QED) is 0.269. The number of azo groups is 1. The smallest absolute Gasteiger partial charge is 0.362 e. The van der Waals surface area contributed by atoms with Crippen molar-refractivity contribution in [1.29, 1.82) is 0 Å². The van der Waals surface area contributed by atoms with Crippen LogP contribution in [0.1, 0.15) is 20.7 Å². The molecule has 3 N–H and O–H groups in total. The van der Waals surface area contributed by atoms with Gasteiger partial charge in [-0.1, -0.05) is 12.1 Å². The van der Waals surface area contributed by atoms with E-state index in [4.69, 9.17) is 10.6 Å². The van der Waals surface area contributed by atoms with Crippen LogP contribution in [-0.2, 0) is 4.84 Å². The molecule has 3 aromatic carbocycles. The van der Waals surface area contributed by atoms with E-state index in [0.29, 0.717) is 17.1 Å². The molecule has 10 nitrogen and oxygen atoms in total. The maximum Gasteiger partial charge on any atom is 0.362 e. The molecular formula is C20H15N5O5. The first kappa shape index (κ1) is 20.1. The number of carbonyl (C=O) groups excluding carboxylic acids is 2. The zero-order chi connectivity index (χ0) is 21.5. The van der Waals surface area contributed by atoms with Gasteiger partial charge in [0.15, 0.2) is 0 Å². The zero-order valence-electron chi connectivity index (χ0n) is 15.4. The van der Waals surface area contributed by atoms with Crippen molar-refractivity contribution in [1.82, 2.24) is 0 Å². The van der Waals surface area contributed by atoms with Gasteiger partial charge < -0.3 is 10.6 Å². The van der Waals surface area contributed by atoms with Gasteiger partial charge in [0, 0.05) is 17.8 Å². The van der Waals surface area contributed by atoms with Crippen LogP contribution in [0, 0.1) is 10.1 Å². The summed E-state index contributed by atoms with van der Waals surface area (Å²) in [4.78, 5) is 39.0. The van der Waals surface area contributed by atoms with Crippen LogP contribution < -0.4 is 11.2 Å². The molecule has 0 aliphatic heterocycles. The number of carbonyl (C=O) groups is 2. The lowest BCUT2D eigenvalue weighted by Crippen LogP contribution is -2.10. The van der Waals surface area contributed by atoms with E-state index in [0.717, 1.165) is 0 Å². The first-order valence-corrected chi connectivity index (χ1v) is 8.56. The van der Waals surface area contributed by atoms with Gasteiger partial charge in [-0.15, -0.1) is 10.2 Å². The highest BCUT2D eigenvalue weighted by atomic mass is 16.7. The number of rotatable bonds is 6. The summed E-state index contributed by atoms with van der Waals surface area (Å²) >= 11 is 0. The molecule has 0 fully saturated rings. The van der Waals surface area contributed by atoms with E-state index in [-0.39, 0.29) is 16.8 Å². The molecule has 1 amide bonds. The van der Waals surface area contributed by atoms with Gasteiger partial charge in [-0.25, -0.2) is 10.3 Å². The second kappa shape index (κ2) is 9.06. The third-order valence-corrected chi connectivity index (χ3v) is 3.89. The second-order valence-electron chi connectivity index (χ2n) is 5.93. The van der Waals surface area contributed by atoms with Crippen LogP contribution in [0.5, 0.6) is 0 Å². The van der Waals surface area contributed by atoms with E-state index in [1.807, 2.05) is 0 Å². The van der Waals surface area contributed by atoms with Crippen molar-refractivity contribution in [3.63, 3.8) is 0 Å². The van der Waals surface area contributed by atoms with Crippen LogP contribution in [-0.4, -0.2) is 16.8 Å². The van der Waals surface area contributed by atoms with E-state index in [2.05, 4.69) is 15.7 Å². The van der Waals surface area contributed by atoms with Crippen molar-refractivity contribution in [2.24, 2.45) is 10.2 Å². The third kappa shape index (κ3) is 5.01. The van der Waals surface area contributed by atoms with E-state index >= 15 is 0 Å². The van der Waals surface area contributed by atoms with Crippen LogP contribution in [0.2, 0.25) is 0 Å². The predicted molar refractivity (Wildman–Crippen MR) is 108 cm³/mol. The minimum atomic E-state index is -0.709. The number of non-ortho nitro benzene ring substituents is 1. The normalized spacial score (nSPS) is 10.5. The van der Waals surface area contributed by atoms with E-state index in [9.17, 15) is 19.7 Å². The highest BCUT2D eigenvalue weighted by Crippen LogP contribution is 2.19. The van der Waals surface area contributed by atoms with Crippen molar-refractivity contribution >= 4 is 34.6 Å². The van der Waals surface area contributed by atoms with Gasteiger partial charge >= 0.3 is 5.97 Å². The van der Waals surface area contributed by atoms with Gasteiger partial charge in [-0.05, 0) is 48.5 Å². The number of para-hydroxylation sites is 1. The monoisotopic (exact) mass is 405 g/mol. The number of hydrogen-bond donors (Lipinski definition) is 2. The summed E-state index contributed by atoms with van der Waals surface area (Å²) in [7, 11) is 0. The molecule has 0 saturated carbocycles. The molecule has 0 aromatic heterocycles. The molecule has 0 unspecified atom stereocenters. The zero-order valence-corrected chi connectivity index (χ0v) is 15.4. The number of amides is 1. The summed E-state index contributed by atoms with van der Waals surface area (Å²) in [6.45, 7) is 0. The van der Waals surface area contributed by atoms with Crippen LogP contribution in [0.4, 0.5) is 22.7 Å². The average molecular weight is 405 g/mol. The number of nitro benzene ring substituents is 1. The third-order valence-electron chi connectivity index (χ3n) is 3.89. The molecular weight excluding hydrogens is 390 g/mol. The van der Waals surface area contributed by atoms with E-state index in [1.54, 1.807) is 48.5 Å². The van der Waals surface area contributed by atoms with Crippen molar-refractivity contribution in [2.75, 3.05) is 11.2 Å². The molecule has 0 spiro atoms. The lowest BCUT2D eigenvalue weighted by atomic mass is 10.2. The Hall–Kier alpha value is -4.60. The average Bonchev–Trinajstić information content (AvgIpc) is 2.77. The van der Waals surface area contributed by atoms with Crippen LogP contribution in [0.25, 0.3) is 0 Å². The fourth-order valence-electron chi connectivity index (χ4n) is 2.33. The maximum absolute atomic E-state index is 12.0. The van der Waals surface area contributed by atoms with Crippen molar-refractivity contribution < 1.29 is 19.3 Å². The number of nitrogens with zero attached hydrogens (tertiary/aromatic N) is 3. The summed E-state index contributed by atoms with van der Waals surface area (Å²) in [5.74, 6) is -1.27. The van der Waals surface area contributed by atoms with Crippen molar-refractivity contribution in [3.8, 4) is 0 Å². The number of nitrogens with one attached hydrogen (secondary N) is 1. The molecule has 0 atom stereocenters. The van der Waals surface area contributed by atoms with Crippen LogP contribution in [0.3, 0.4) is 0 Å². The number of benzene rings is 3. The Morgan fingerprint density at radius 3 is 2.27 bits per heavy atom. The molecule has 3 rings (SSSR count). The Bertz CT molecular complexity index is 1110. The van der Waals surface area contributed by atoms with E-state index in [1.165, 1.54) is 24.3 Å². The minimum absolute atomic E-state index is 0.127. The van der Waals surface area contributed by atoms with Gasteiger partial charge in [0.1, 0.15) is 0 Å². The van der Waals surface area contributed by atoms with Crippen LogP contribution >= 0.6 is 0 Å². The summed E-state index contributed by atoms with van der Waals surface area (Å²) < 4.78 is 0. The van der Waals surface area contributed by atoms with Gasteiger partial charge in [0.05, 0.1) is 27.4 Å². The highest BCUT2D eigenvalue weighted by Gasteiger charge is 2.11. The lowest BCUT2D eigenvalue weighted by molar-refractivity contribution is -0.384. The number of anilines is 2. The largest absolute Gasteiger partial charge is 0.398 e. The summed E-state index contributed by atoms with van der Waals surface area (Å²) in [5, 5.41) is 18.1. The second-order valence-corrected chi connectivity index (χ2v) is 5.93. The minimum Gasteiger partial charge on any atom is -0.398 e. The molecule has 0 radical (unpaired) electrons. The molecule has 0 heterocycles. The number of nitrogen functional groups attached to an aromatic ring is 1. The summed E-state index contributed by atoms with van der Waals surface area (Å²) in [5.41, 5.74) is 9.65. The SMILES string of the molecule is Nc1ccccc1C(=O)N=Nc1ccc(NOC(=O)c2ccc([N+](=O)[O-])cc2)cc1. The topological polar surface area (TPSA) is 149 Å². The molecule has 0 bridgehead atoms. The Labute approximate surface area is 170 Å². The standard InChI is InChI=1S/C20H15N5O5/c21-18-4-2-1-3-17(18)19(26)23-22-14-7-9-15(10-8-14)24-30-20(27)13-5-11-16(12-6-13)25(28)29/h1-12,24H,21H2. The molecule has 150 valence electrons. The Morgan fingerprint density at radius 2 is 1.63 bits per heavy atom. The Balaban J connectivity index is 1.56. The lowest BCUT2D eigenvalue weighted by Gasteiger charge is -2.06. The number of nitrogens with two attached hydrogens (primary N) is 1. The van der Waals surface area contributed by atoms with Gasteiger partial charge in [0.2, 0.25) is 0 Å². The Kier molecular flexibility index (Phi) is 6.08. The molecule has 30 heavy (non-hydrogen) atoms. The van der Waals surface area contributed by atoms with Crippen molar-refractivity contribution in [3.05, 3.63) is 94.0 Å². The number of nitro groups is 1. The molecule has 0 saturated heterocycles. The predicted octanol–water partition coefficient (Wildman–Crippen LogP) is 4.29. The highest BCUT2D eigenvalue weighted by molar-refractivity contribution is 5.99. The Morgan fingerprint density at radius 1 is 0.967 bits per heavy atom. The van der Waals surface area contributed by atoms with Crippen molar-refractivity contribution in [2.45, 2.75) is 0 Å². The number of hydrogen-bond acceptors (Lipinski definition) is 8. The molecule has 0 aliphatic carbocycles. The molecule has 0 aliphatic rings. The van der Waals surface area contributed by atoms with E-state index < -0.39 is 16.8 Å². The molecule has 10 heteroatoms. The fraction of sp³-hybridized carbons (Fsp3) is 0. The maximum atomic E-state index is 12.0. The first-order chi connectivity index (χ1) is 14.4. The van der Waals surface area contributed by atoms with Gasteiger partial charge in [-0.2, -0.15) is 0 Å². The fourth-order valence-corrected chi connectivity index (χ4v) is 2.33. The van der Waals surface area contributed by atoms with Crippen LogP contribution in [0.15, 0.2) is 83.0 Å². The molecule has 3 aromatic rings. The van der Waals surface area contributed by atoms with Gasteiger partial charge in [0.25, 0.3) is 11.6 Å². The summed E-state index contributed by atoms with van der Waals surface area (Å²) in [6.07, 6.45) is 0.